The molecule has 3 nitrogen and oxygen atoms in total. The van der Waals surface area contributed by atoms with E-state index >= 15 is 0 Å². The van der Waals surface area contributed by atoms with Crippen molar-refractivity contribution in [2.24, 2.45) is 0 Å². The van der Waals surface area contributed by atoms with Crippen molar-refractivity contribution in [1.29, 1.82) is 0 Å². The number of carbonyl (C=O) groups is 1. The number of rotatable bonds is 6. The van der Waals surface area contributed by atoms with Gasteiger partial charge in [-0.25, -0.2) is 4.79 Å². The van der Waals surface area contributed by atoms with E-state index in [1.54, 1.807) is 19.9 Å². The second kappa shape index (κ2) is 7.95. The first-order chi connectivity index (χ1) is 8.63. The molecule has 0 aliphatic heterocycles. The van der Waals surface area contributed by atoms with Crippen LogP contribution in [-0.2, 0) is 9.53 Å². The molecule has 0 heterocycles. The highest BCUT2D eigenvalue weighted by Gasteiger charge is 2.13. The Morgan fingerprint density at radius 3 is 2.67 bits per heavy atom. The Labute approximate surface area is 112 Å². The van der Waals surface area contributed by atoms with E-state index in [0.717, 1.165) is 4.90 Å². The molecule has 0 aromatic heterocycles. The van der Waals surface area contributed by atoms with Gasteiger partial charge in [0.15, 0.2) is 0 Å². The molecule has 0 fully saturated rings. The lowest BCUT2D eigenvalue weighted by Crippen LogP contribution is -2.17. The first-order valence-electron chi connectivity index (χ1n) is 5.88. The lowest BCUT2D eigenvalue weighted by Gasteiger charge is -2.15. The molecule has 2 atom stereocenters. The molecule has 18 heavy (non-hydrogen) atoms. The fourth-order valence-corrected chi connectivity index (χ4v) is 2.30. The van der Waals surface area contributed by atoms with E-state index in [0.29, 0.717) is 6.61 Å². The molecular weight excluding hydrogens is 248 g/mol. The van der Waals surface area contributed by atoms with E-state index in [1.807, 2.05) is 30.3 Å². The van der Waals surface area contributed by atoms with Gasteiger partial charge in [0.2, 0.25) is 0 Å². The van der Waals surface area contributed by atoms with Crippen LogP contribution in [0.3, 0.4) is 0 Å². The molecule has 1 rings (SSSR count). The summed E-state index contributed by atoms with van der Waals surface area (Å²) >= 11 is 1.51. The molecule has 0 aliphatic rings. The van der Waals surface area contributed by atoms with Crippen molar-refractivity contribution in [2.75, 3.05) is 6.61 Å². The van der Waals surface area contributed by atoms with Gasteiger partial charge in [-0.2, -0.15) is 0 Å². The van der Waals surface area contributed by atoms with Crippen LogP contribution in [0.5, 0.6) is 0 Å². The zero-order chi connectivity index (χ0) is 13.4. The van der Waals surface area contributed by atoms with Crippen molar-refractivity contribution < 1.29 is 14.6 Å². The van der Waals surface area contributed by atoms with Crippen molar-refractivity contribution in [3.8, 4) is 0 Å². The lowest BCUT2D eigenvalue weighted by atomic mass is 10.2. The van der Waals surface area contributed by atoms with Gasteiger partial charge in [0.25, 0.3) is 0 Å². The van der Waals surface area contributed by atoms with E-state index in [9.17, 15) is 9.90 Å². The van der Waals surface area contributed by atoms with Crippen LogP contribution >= 0.6 is 11.8 Å². The maximum Gasteiger partial charge on any atom is 0.330 e. The molecule has 0 spiro atoms. The Morgan fingerprint density at radius 1 is 1.44 bits per heavy atom. The predicted octanol–water partition coefficient (Wildman–Crippen LogP) is 2.65. The number of esters is 1. The normalized spacial score (nSPS) is 14.4. The molecule has 4 heteroatoms. The van der Waals surface area contributed by atoms with Gasteiger partial charge in [0.05, 0.1) is 18.0 Å². The van der Waals surface area contributed by atoms with Crippen molar-refractivity contribution >= 4 is 17.7 Å². The molecule has 0 bridgehead atoms. The van der Waals surface area contributed by atoms with Crippen LogP contribution in [0.1, 0.15) is 13.8 Å². The van der Waals surface area contributed by atoms with E-state index in [2.05, 4.69) is 0 Å². The number of hydrogen-bond acceptors (Lipinski definition) is 4. The van der Waals surface area contributed by atoms with Gasteiger partial charge < -0.3 is 9.84 Å². The Hall–Kier alpha value is -1.26. The summed E-state index contributed by atoms with van der Waals surface area (Å²) in [5, 5.41) is 9.52. The average Bonchev–Trinajstić information content (AvgIpc) is 2.35. The van der Waals surface area contributed by atoms with Crippen molar-refractivity contribution in [2.45, 2.75) is 30.1 Å². The minimum atomic E-state index is -0.541. The highest BCUT2D eigenvalue weighted by molar-refractivity contribution is 8.00. The van der Waals surface area contributed by atoms with Gasteiger partial charge in [-0.1, -0.05) is 24.3 Å². The van der Waals surface area contributed by atoms with E-state index in [4.69, 9.17) is 4.74 Å². The molecule has 0 saturated heterocycles. The van der Waals surface area contributed by atoms with Gasteiger partial charge in [-0.3, -0.25) is 0 Å². The van der Waals surface area contributed by atoms with Crippen molar-refractivity contribution in [3.63, 3.8) is 0 Å². The Bertz CT molecular complexity index is 387. The predicted molar refractivity (Wildman–Crippen MR) is 73.5 cm³/mol. The number of hydrogen-bond donors (Lipinski definition) is 1. The maximum atomic E-state index is 11.2. The third kappa shape index (κ3) is 5.38. The largest absolute Gasteiger partial charge is 0.463 e. The monoisotopic (exact) mass is 266 g/mol. The molecule has 0 saturated carbocycles. The number of thioether (sulfide) groups is 1. The maximum absolute atomic E-state index is 11.2. The topological polar surface area (TPSA) is 46.5 Å². The lowest BCUT2D eigenvalue weighted by molar-refractivity contribution is -0.137. The summed E-state index contributed by atoms with van der Waals surface area (Å²) in [6.07, 6.45) is 2.51. The molecule has 1 aromatic rings. The smallest absolute Gasteiger partial charge is 0.330 e. The van der Waals surface area contributed by atoms with Crippen LogP contribution in [0, 0.1) is 0 Å². The highest BCUT2D eigenvalue weighted by atomic mass is 32.2. The van der Waals surface area contributed by atoms with E-state index in [1.165, 1.54) is 17.8 Å². The van der Waals surface area contributed by atoms with Crippen LogP contribution in [-0.4, -0.2) is 29.0 Å². The molecule has 0 amide bonds. The van der Waals surface area contributed by atoms with Crippen LogP contribution in [0.15, 0.2) is 47.4 Å². The van der Waals surface area contributed by atoms with E-state index < -0.39 is 6.10 Å². The first-order valence-corrected chi connectivity index (χ1v) is 6.76. The summed E-state index contributed by atoms with van der Waals surface area (Å²) < 4.78 is 4.81. The minimum Gasteiger partial charge on any atom is -0.463 e. The van der Waals surface area contributed by atoms with Crippen LogP contribution in [0.4, 0.5) is 0 Å². The van der Waals surface area contributed by atoms with Gasteiger partial charge in [0.1, 0.15) is 0 Å². The molecule has 0 aliphatic carbocycles. The molecule has 1 N–H and O–H groups in total. The first kappa shape index (κ1) is 14.8. The molecule has 98 valence electrons. The fraction of sp³-hybridized carbons (Fsp3) is 0.357. The zero-order valence-electron chi connectivity index (χ0n) is 10.6. The van der Waals surface area contributed by atoms with Crippen molar-refractivity contribution in [1.82, 2.24) is 0 Å². The molecular formula is C14H18O3S. The SMILES string of the molecule is CCOC(=O)/C=C/[C@H](Sc1ccccc1)[C@@H](C)O. The minimum absolute atomic E-state index is 0.170. The van der Waals surface area contributed by atoms with Crippen LogP contribution < -0.4 is 0 Å². The summed E-state index contributed by atoms with van der Waals surface area (Å²) in [4.78, 5) is 12.3. The number of aliphatic hydroxyl groups is 1. The number of aliphatic hydroxyl groups excluding tert-OH is 1. The summed E-state index contributed by atoms with van der Waals surface area (Å²) in [7, 11) is 0. The summed E-state index contributed by atoms with van der Waals surface area (Å²) in [5.41, 5.74) is 0. The number of ether oxygens (including phenoxy) is 1. The van der Waals surface area contributed by atoms with E-state index in [-0.39, 0.29) is 11.2 Å². The molecule has 0 unspecified atom stereocenters. The number of benzene rings is 1. The summed E-state index contributed by atoms with van der Waals surface area (Å²) in [5.74, 6) is -0.378. The van der Waals surface area contributed by atoms with Gasteiger partial charge >= 0.3 is 5.97 Å². The Balaban J connectivity index is 2.63. The second-order valence-electron chi connectivity index (χ2n) is 3.75. The fourth-order valence-electron chi connectivity index (χ4n) is 1.32. The highest BCUT2D eigenvalue weighted by Crippen LogP contribution is 2.26. The van der Waals surface area contributed by atoms with Gasteiger partial charge in [0, 0.05) is 11.0 Å². The van der Waals surface area contributed by atoms with Gasteiger partial charge in [-0.05, 0) is 26.0 Å². The Morgan fingerprint density at radius 2 is 2.11 bits per heavy atom. The van der Waals surface area contributed by atoms with Crippen molar-refractivity contribution in [3.05, 3.63) is 42.5 Å². The molecule has 0 radical (unpaired) electrons. The van der Waals surface area contributed by atoms with Crippen LogP contribution in [0.25, 0.3) is 0 Å². The standard InChI is InChI=1S/C14H18O3S/c1-3-17-14(16)10-9-13(11(2)15)18-12-7-5-4-6-8-12/h4-11,13,15H,3H2,1-2H3/b10-9+/t11-,13+/m1/s1. The molecule has 1 aromatic carbocycles. The van der Waals surface area contributed by atoms with Gasteiger partial charge in [-0.15, -0.1) is 11.8 Å². The summed E-state index contributed by atoms with van der Waals surface area (Å²) in [6, 6.07) is 9.76. The average molecular weight is 266 g/mol. The third-order valence-electron chi connectivity index (χ3n) is 2.20. The summed E-state index contributed by atoms with van der Waals surface area (Å²) in [6.45, 7) is 3.82. The Kier molecular flexibility index (Phi) is 6.54. The zero-order valence-corrected chi connectivity index (χ0v) is 11.4. The van der Waals surface area contributed by atoms with Crippen LogP contribution in [0.2, 0.25) is 0 Å². The number of carbonyl (C=O) groups excluding carboxylic acids is 1. The third-order valence-corrected chi connectivity index (χ3v) is 3.57. The quantitative estimate of drug-likeness (QED) is 0.488. The second-order valence-corrected chi connectivity index (χ2v) is 5.00.